The van der Waals surface area contributed by atoms with Crippen molar-refractivity contribution in [2.45, 2.75) is 39.8 Å². The second-order valence-electron chi connectivity index (χ2n) is 5.59. The Labute approximate surface area is 136 Å². The number of hydrogen-bond acceptors (Lipinski definition) is 4. The highest BCUT2D eigenvalue weighted by atomic mass is 16.5. The summed E-state index contributed by atoms with van der Waals surface area (Å²) < 4.78 is 10.3. The van der Waals surface area contributed by atoms with Crippen molar-refractivity contribution >= 4 is 6.03 Å². The molecule has 0 unspecified atom stereocenters. The monoisotopic (exact) mass is 317 g/mol. The van der Waals surface area contributed by atoms with Crippen LogP contribution < -0.4 is 15.4 Å². The first-order chi connectivity index (χ1) is 11.0. The highest BCUT2D eigenvalue weighted by Crippen LogP contribution is 2.14. The number of amides is 2. The second-order valence-corrected chi connectivity index (χ2v) is 5.59. The highest BCUT2D eigenvalue weighted by molar-refractivity contribution is 5.74. The molecule has 23 heavy (non-hydrogen) atoms. The van der Waals surface area contributed by atoms with Crippen LogP contribution in [0.5, 0.6) is 5.75 Å². The molecule has 0 aliphatic heterocycles. The third kappa shape index (κ3) is 4.74. The lowest BCUT2D eigenvalue weighted by Crippen LogP contribution is -2.41. The van der Waals surface area contributed by atoms with Crippen LogP contribution in [0.15, 0.2) is 28.8 Å². The van der Waals surface area contributed by atoms with Crippen molar-refractivity contribution in [2.24, 2.45) is 0 Å². The summed E-state index contributed by atoms with van der Waals surface area (Å²) in [5, 5.41) is 9.63. The van der Waals surface area contributed by atoms with Crippen LogP contribution in [0.4, 0.5) is 4.79 Å². The first kappa shape index (κ1) is 16.9. The summed E-state index contributed by atoms with van der Waals surface area (Å²) in [4.78, 5) is 12.0. The Morgan fingerprint density at radius 3 is 2.83 bits per heavy atom. The molecule has 1 aromatic carbocycles. The quantitative estimate of drug-likeness (QED) is 0.859. The molecule has 0 aliphatic carbocycles. The molecule has 1 atom stereocenters. The van der Waals surface area contributed by atoms with Gasteiger partial charge in [-0.1, -0.05) is 17.3 Å². The number of nitrogens with zero attached hydrogens (tertiary/aromatic N) is 1. The van der Waals surface area contributed by atoms with E-state index in [-0.39, 0.29) is 12.1 Å². The van der Waals surface area contributed by atoms with Gasteiger partial charge in [-0.2, -0.15) is 0 Å². The number of methoxy groups -OCH3 is 1. The maximum atomic E-state index is 12.0. The Morgan fingerprint density at radius 1 is 1.39 bits per heavy atom. The highest BCUT2D eigenvalue weighted by Gasteiger charge is 2.12. The van der Waals surface area contributed by atoms with E-state index in [1.165, 1.54) is 0 Å². The molecule has 0 spiro atoms. The predicted octanol–water partition coefficient (Wildman–Crippen LogP) is 2.73. The summed E-state index contributed by atoms with van der Waals surface area (Å²) >= 11 is 0. The molecule has 2 amide bonds. The van der Waals surface area contributed by atoms with Gasteiger partial charge in [-0.3, -0.25) is 0 Å². The van der Waals surface area contributed by atoms with Crippen molar-refractivity contribution in [3.63, 3.8) is 0 Å². The first-order valence-electron chi connectivity index (χ1n) is 7.58. The van der Waals surface area contributed by atoms with E-state index in [2.05, 4.69) is 15.8 Å². The molecular formula is C17H23N3O3. The Balaban J connectivity index is 1.82. The maximum Gasteiger partial charge on any atom is 0.315 e. The van der Waals surface area contributed by atoms with E-state index < -0.39 is 0 Å². The number of aryl methyl sites for hydroxylation is 2. The van der Waals surface area contributed by atoms with Crippen molar-refractivity contribution in [1.29, 1.82) is 0 Å². The Bertz CT molecular complexity index is 647. The molecule has 2 rings (SSSR count). The lowest BCUT2D eigenvalue weighted by molar-refractivity contribution is 0.237. The average molecular weight is 317 g/mol. The number of aromatic nitrogens is 1. The minimum Gasteiger partial charge on any atom is -0.497 e. The third-order valence-electron chi connectivity index (χ3n) is 3.66. The molecule has 0 fully saturated rings. The smallest absolute Gasteiger partial charge is 0.315 e. The van der Waals surface area contributed by atoms with Crippen molar-refractivity contribution in [3.05, 3.63) is 46.8 Å². The van der Waals surface area contributed by atoms with E-state index in [1.54, 1.807) is 7.11 Å². The predicted molar refractivity (Wildman–Crippen MR) is 87.5 cm³/mol. The van der Waals surface area contributed by atoms with E-state index in [9.17, 15) is 4.79 Å². The molecule has 1 heterocycles. The van der Waals surface area contributed by atoms with Crippen molar-refractivity contribution in [2.75, 3.05) is 7.11 Å². The number of nitrogens with one attached hydrogen (secondary N) is 2. The standard InChI is InChI=1S/C17H23N3O3/c1-11(8-14-6-5-7-15(9-14)22-4)19-17(21)18-10-16-12(2)20-23-13(16)3/h5-7,9,11H,8,10H2,1-4H3,(H2,18,19,21)/t11-/m1/s1. The summed E-state index contributed by atoms with van der Waals surface area (Å²) in [5.41, 5.74) is 2.83. The number of hydrogen-bond donors (Lipinski definition) is 2. The van der Waals surface area contributed by atoms with Gasteiger partial charge in [0.15, 0.2) is 0 Å². The van der Waals surface area contributed by atoms with Crippen LogP contribution in [0.3, 0.4) is 0 Å². The van der Waals surface area contributed by atoms with Gasteiger partial charge in [-0.25, -0.2) is 4.79 Å². The zero-order valence-corrected chi connectivity index (χ0v) is 14.0. The minimum atomic E-state index is -0.208. The Hall–Kier alpha value is -2.50. The lowest BCUT2D eigenvalue weighted by Gasteiger charge is -2.15. The molecule has 2 N–H and O–H groups in total. The van der Waals surface area contributed by atoms with Crippen molar-refractivity contribution in [1.82, 2.24) is 15.8 Å². The van der Waals surface area contributed by atoms with Gasteiger partial charge in [-0.15, -0.1) is 0 Å². The number of carbonyl (C=O) groups is 1. The van der Waals surface area contributed by atoms with Gasteiger partial charge < -0.3 is 19.9 Å². The van der Waals surface area contributed by atoms with Crippen LogP contribution in [0.1, 0.15) is 29.5 Å². The minimum absolute atomic E-state index is 0.00627. The molecule has 6 heteroatoms. The van der Waals surface area contributed by atoms with E-state index >= 15 is 0 Å². The summed E-state index contributed by atoms with van der Waals surface area (Å²) in [5.74, 6) is 1.55. The van der Waals surface area contributed by atoms with Crippen LogP contribution in [-0.4, -0.2) is 24.3 Å². The van der Waals surface area contributed by atoms with Crippen LogP contribution in [-0.2, 0) is 13.0 Å². The van der Waals surface area contributed by atoms with Gasteiger partial charge in [0, 0.05) is 18.2 Å². The fourth-order valence-electron chi connectivity index (χ4n) is 2.40. The molecule has 0 saturated heterocycles. The Morgan fingerprint density at radius 2 is 2.17 bits per heavy atom. The van der Waals surface area contributed by atoms with Gasteiger partial charge in [-0.05, 0) is 44.9 Å². The third-order valence-corrected chi connectivity index (χ3v) is 3.66. The molecule has 0 bridgehead atoms. The van der Waals surface area contributed by atoms with E-state index in [4.69, 9.17) is 9.26 Å². The summed E-state index contributed by atoms with van der Waals surface area (Å²) in [6.07, 6.45) is 0.732. The van der Waals surface area contributed by atoms with Gasteiger partial charge >= 0.3 is 6.03 Å². The van der Waals surface area contributed by atoms with E-state index in [1.807, 2.05) is 45.0 Å². The second kappa shape index (κ2) is 7.67. The molecule has 2 aromatic rings. The first-order valence-corrected chi connectivity index (χ1v) is 7.58. The van der Waals surface area contributed by atoms with Crippen LogP contribution in [0, 0.1) is 13.8 Å². The normalized spacial score (nSPS) is 11.8. The fraction of sp³-hybridized carbons (Fsp3) is 0.412. The topological polar surface area (TPSA) is 76.4 Å². The van der Waals surface area contributed by atoms with Crippen LogP contribution >= 0.6 is 0 Å². The van der Waals surface area contributed by atoms with Crippen molar-refractivity contribution in [3.8, 4) is 5.75 Å². The van der Waals surface area contributed by atoms with Gasteiger partial charge in [0.25, 0.3) is 0 Å². The molecule has 1 aromatic heterocycles. The van der Waals surface area contributed by atoms with Gasteiger partial charge in [0.05, 0.1) is 12.8 Å². The largest absolute Gasteiger partial charge is 0.497 e. The Kier molecular flexibility index (Phi) is 5.62. The number of urea groups is 1. The van der Waals surface area contributed by atoms with Gasteiger partial charge in [0.1, 0.15) is 11.5 Å². The molecule has 124 valence electrons. The van der Waals surface area contributed by atoms with Crippen LogP contribution in [0.2, 0.25) is 0 Å². The molecule has 6 nitrogen and oxygen atoms in total. The lowest BCUT2D eigenvalue weighted by atomic mass is 10.1. The van der Waals surface area contributed by atoms with E-state index in [0.29, 0.717) is 6.54 Å². The number of rotatable bonds is 6. The molecule has 0 radical (unpaired) electrons. The number of benzene rings is 1. The summed E-state index contributed by atoms with van der Waals surface area (Å²) in [6.45, 7) is 6.06. The zero-order valence-electron chi connectivity index (χ0n) is 14.0. The molecular weight excluding hydrogens is 294 g/mol. The fourth-order valence-corrected chi connectivity index (χ4v) is 2.40. The van der Waals surface area contributed by atoms with Crippen LogP contribution in [0.25, 0.3) is 0 Å². The SMILES string of the molecule is COc1cccc(C[C@@H](C)NC(=O)NCc2c(C)noc2C)c1. The number of carbonyl (C=O) groups excluding carboxylic acids is 1. The van der Waals surface area contributed by atoms with Crippen molar-refractivity contribution < 1.29 is 14.1 Å². The maximum absolute atomic E-state index is 12.0. The molecule has 0 saturated carbocycles. The number of ether oxygens (including phenoxy) is 1. The van der Waals surface area contributed by atoms with E-state index in [0.717, 1.165) is 34.8 Å². The van der Waals surface area contributed by atoms with Gasteiger partial charge in [0.2, 0.25) is 0 Å². The summed E-state index contributed by atoms with van der Waals surface area (Å²) in [6, 6.07) is 7.63. The zero-order chi connectivity index (χ0) is 16.8. The summed E-state index contributed by atoms with van der Waals surface area (Å²) in [7, 11) is 1.64. The average Bonchev–Trinajstić information content (AvgIpc) is 2.84. The molecule has 0 aliphatic rings.